The van der Waals surface area contributed by atoms with Crippen molar-refractivity contribution in [2.24, 2.45) is 0 Å². The van der Waals surface area contributed by atoms with Crippen LogP contribution in [0.2, 0.25) is 0 Å². The van der Waals surface area contributed by atoms with E-state index in [1.807, 2.05) is 63.4 Å². The number of rotatable bonds is 22. The molecule has 3 atom stereocenters. The third kappa shape index (κ3) is 13.9. The van der Waals surface area contributed by atoms with Crippen LogP contribution < -0.4 is 28.4 Å². The predicted octanol–water partition coefficient (Wildman–Crippen LogP) is 8.55. The minimum Gasteiger partial charge on any atom is -0.494 e. The Morgan fingerprint density at radius 3 is 2.30 bits per heavy atom. The number of carbonyl (C=O) groups excluding carboxylic acids is 1. The molecule has 1 N–H and O–H groups in total. The number of methoxy groups -OCH3 is 2. The van der Waals surface area contributed by atoms with Gasteiger partial charge in [0.1, 0.15) is 11.5 Å². The van der Waals surface area contributed by atoms with E-state index < -0.39 is 28.3 Å². The monoisotopic (exact) mass is 850 g/mol. The highest BCUT2D eigenvalue weighted by molar-refractivity contribution is 7.85. The van der Waals surface area contributed by atoms with Crippen molar-refractivity contribution in [3.8, 4) is 34.5 Å². The number of nitrogens with zero attached hydrogens (tertiary/aromatic N) is 2. The number of allylic oxidation sites excluding steroid dienone is 1. The van der Waals surface area contributed by atoms with Gasteiger partial charge in [-0.05, 0) is 107 Å². The predicted molar refractivity (Wildman–Crippen MR) is 236 cm³/mol. The number of carboxylic acid groups (broad SMARTS) is 1. The minimum absolute atomic E-state index is 0.191. The third-order valence-corrected chi connectivity index (χ3v) is 13.0. The van der Waals surface area contributed by atoms with Crippen molar-refractivity contribution in [2.75, 3.05) is 60.6 Å². The molecule has 0 radical (unpaired) electrons. The maximum absolute atomic E-state index is 12.3. The first-order chi connectivity index (χ1) is 28.8. The van der Waals surface area contributed by atoms with Crippen LogP contribution >= 0.6 is 0 Å². The molecule has 0 aliphatic carbocycles. The Morgan fingerprint density at radius 2 is 1.60 bits per heavy atom. The second-order valence-corrected chi connectivity index (χ2v) is 17.7. The summed E-state index contributed by atoms with van der Waals surface area (Å²) in [6.45, 7) is 10.9. The fourth-order valence-electron chi connectivity index (χ4n) is 7.26. The molecule has 0 aromatic heterocycles. The first-order valence-electron chi connectivity index (χ1n) is 21.1. The van der Waals surface area contributed by atoms with E-state index in [4.69, 9.17) is 33.5 Å². The van der Waals surface area contributed by atoms with Gasteiger partial charge in [-0.3, -0.25) is 4.21 Å². The van der Waals surface area contributed by atoms with Crippen molar-refractivity contribution in [2.45, 2.75) is 103 Å². The Balaban J connectivity index is 0.000000305. The Bertz CT molecular complexity index is 1920. The number of hydrogen-bond donors (Lipinski definition) is 1. The van der Waals surface area contributed by atoms with E-state index in [1.54, 1.807) is 26.4 Å². The smallest absolute Gasteiger partial charge is 0.422 e. The molecule has 3 unspecified atom stereocenters. The van der Waals surface area contributed by atoms with Crippen molar-refractivity contribution < 1.29 is 47.3 Å². The molecule has 3 aromatic carbocycles. The number of carboxylic acids is 1. The van der Waals surface area contributed by atoms with Crippen LogP contribution in [-0.2, 0) is 38.8 Å². The average molecular weight is 851 g/mol. The average Bonchev–Trinajstić information content (AvgIpc) is 3.83. The van der Waals surface area contributed by atoms with Crippen molar-refractivity contribution in [1.29, 1.82) is 0 Å². The molecule has 2 heterocycles. The van der Waals surface area contributed by atoms with Gasteiger partial charge in [-0.15, -0.1) is 0 Å². The van der Waals surface area contributed by atoms with Gasteiger partial charge in [0.25, 0.3) is 0 Å². The van der Waals surface area contributed by atoms with Gasteiger partial charge in [0.15, 0.2) is 23.0 Å². The molecule has 3 aromatic rings. The lowest BCUT2D eigenvalue weighted by molar-refractivity contribution is -0.158. The molecule has 330 valence electrons. The van der Waals surface area contributed by atoms with Gasteiger partial charge in [0, 0.05) is 53.2 Å². The second-order valence-electron chi connectivity index (χ2n) is 15.7. The Kier molecular flexibility index (Phi) is 19.1. The fraction of sp³-hybridized carbons (Fsp3) is 0.532. The molecule has 12 nitrogen and oxygen atoms in total. The number of hydrogen-bond acceptors (Lipinski definition) is 11. The normalized spacial score (nSPS) is 16.4. The van der Waals surface area contributed by atoms with Crippen LogP contribution in [-0.4, -0.2) is 96.9 Å². The van der Waals surface area contributed by atoms with Crippen LogP contribution in [0.15, 0.2) is 66.4 Å². The van der Waals surface area contributed by atoms with Crippen LogP contribution in [0, 0.1) is 0 Å². The summed E-state index contributed by atoms with van der Waals surface area (Å²) >= 11 is 0. The van der Waals surface area contributed by atoms with Crippen LogP contribution in [0.5, 0.6) is 34.5 Å². The van der Waals surface area contributed by atoms with Crippen molar-refractivity contribution in [1.82, 2.24) is 9.80 Å². The maximum Gasteiger partial charge on any atom is 0.422 e. The number of fused-ring (bicyclic) bond motifs is 1. The van der Waals surface area contributed by atoms with Gasteiger partial charge in [-0.25, -0.2) is 9.59 Å². The standard InChI is InChI=1S/C29H38N2O7.C18H28O3S/c1-20-12-14-29(2,31(20)4)23-19-22(9-11-24(23)38-28(34)27(32)33)37-17-7-15-30(3)16-13-21-8-10-25(35-5)26(18-21)36-6;1-3-4-5-6-7-8-11-22(19)15(2)12-16-9-10-17-18(13-16)21-14-20-17/h8-12,18-19H,7,13-17H2,1-6H3,(H,32,33);9-10,13,15H,3-8,11-12,14H2,1-2H3. The van der Waals surface area contributed by atoms with E-state index in [-0.39, 0.29) is 11.0 Å². The van der Waals surface area contributed by atoms with E-state index in [2.05, 4.69) is 36.8 Å². The summed E-state index contributed by atoms with van der Waals surface area (Å²) < 4.78 is 45.0. The molecule has 0 fully saturated rings. The highest BCUT2D eigenvalue weighted by Crippen LogP contribution is 2.44. The molecule has 0 bridgehead atoms. The lowest BCUT2D eigenvalue weighted by Crippen LogP contribution is -2.36. The van der Waals surface area contributed by atoms with Gasteiger partial charge in [-0.1, -0.05) is 64.2 Å². The van der Waals surface area contributed by atoms with Gasteiger partial charge >= 0.3 is 11.9 Å². The molecular weight excluding hydrogens is 785 g/mol. The van der Waals surface area contributed by atoms with E-state index in [0.29, 0.717) is 31.1 Å². The van der Waals surface area contributed by atoms with Gasteiger partial charge in [0.05, 0.1) is 26.4 Å². The van der Waals surface area contributed by atoms with Crippen LogP contribution in [0.4, 0.5) is 0 Å². The highest BCUT2D eigenvalue weighted by Gasteiger charge is 2.38. The third-order valence-electron chi connectivity index (χ3n) is 11.3. The number of esters is 1. The number of unbranched alkanes of at least 4 members (excludes halogenated alkanes) is 5. The zero-order valence-electron chi connectivity index (χ0n) is 36.9. The number of ether oxygens (including phenoxy) is 6. The summed E-state index contributed by atoms with van der Waals surface area (Å²) in [6, 6.07) is 17.1. The summed E-state index contributed by atoms with van der Waals surface area (Å²) in [5.74, 6) is 1.81. The van der Waals surface area contributed by atoms with Gasteiger partial charge < -0.3 is 43.3 Å². The lowest BCUT2D eigenvalue weighted by Gasteiger charge is -2.37. The summed E-state index contributed by atoms with van der Waals surface area (Å²) in [6.07, 6.45) is 12.8. The largest absolute Gasteiger partial charge is 0.494 e. The fourth-order valence-corrected chi connectivity index (χ4v) is 8.53. The Morgan fingerprint density at radius 1 is 0.900 bits per heavy atom. The maximum atomic E-state index is 12.3. The van der Waals surface area contributed by atoms with Gasteiger partial charge in [-0.2, -0.15) is 0 Å². The summed E-state index contributed by atoms with van der Waals surface area (Å²) in [5.41, 5.74) is 3.64. The SMILES string of the molecule is CCCCCCCCS(=O)C(C)Cc1ccc2c(c1)OCO2.COc1ccc(CCN(C)CCCOc2ccc(OC(=O)C(=O)O)c(C3(C)CC=C(C)N3C)c2)cc1OC. The van der Waals surface area contributed by atoms with Crippen molar-refractivity contribution in [3.63, 3.8) is 0 Å². The highest BCUT2D eigenvalue weighted by atomic mass is 32.2. The quantitative estimate of drug-likeness (QED) is 0.0450. The second kappa shape index (κ2) is 23.9. The Hall–Kier alpha value is -4.75. The number of aliphatic carboxylic acids is 1. The van der Waals surface area contributed by atoms with Gasteiger partial charge in [0.2, 0.25) is 6.79 Å². The van der Waals surface area contributed by atoms with E-state index in [9.17, 15) is 13.8 Å². The van der Waals surface area contributed by atoms with Crippen LogP contribution in [0.3, 0.4) is 0 Å². The minimum atomic E-state index is -1.63. The number of likely N-dealkylation sites (N-methyl/N-ethyl adjacent to an activating group) is 1. The molecule has 2 aliphatic rings. The van der Waals surface area contributed by atoms with Crippen molar-refractivity contribution >= 4 is 22.7 Å². The molecule has 0 saturated heterocycles. The molecular formula is C47H66N2O10S. The van der Waals surface area contributed by atoms with Crippen LogP contribution in [0.1, 0.15) is 95.8 Å². The lowest BCUT2D eigenvalue weighted by atomic mass is 9.88. The van der Waals surface area contributed by atoms with E-state index >= 15 is 0 Å². The van der Waals surface area contributed by atoms with Crippen molar-refractivity contribution in [3.05, 3.63) is 83.1 Å². The first-order valence-corrected chi connectivity index (χ1v) is 22.5. The molecule has 0 saturated carbocycles. The molecule has 5 rings (SSSR count). The zero-order chi connectivity index (χ0) is 43.7. The molecule has 2 aliphatic heterocycles. The Labute approximate surface area is 359 Å². The molecule has 60 heavy (non-hydrogen) atoms. The number of benzene rings is 3. The molecule has 0 amide bonds. The number of carbonyl (C=O) groups is 2. The van der Waals surface area contributed by atoms with E-state index in [1.165, 1.54) is 43.2 Å². The molecule has 13 heteroatoms. The zero-order valence-corrected chi connectivity index (χ0v) is 37.7. The topological polar surface area (TPSA) is 133 Å². The summed E-state index contributed by atoms with van der Waals surface area (Å²) in [7, 11) is 6.57. The summed E-state index contributed by atoms with van der Waals surface area (Å²) in [4.78, 5) is 27.2. The van der Waals surface area contributed by atoms with Crippen LogP contribution in [0.25, 0.3) is 0 Å². The molecule has 0 spiro atoms. The summed E-state index contributed by atoms with van der Waals surface area (Å²) in [5, 5.41) is 9.20. The first kappa shape index (κ1) is 47.9. The van der Waals surface area contributed by atoms with E-state index in [0.717, 1.165) is 73.2 Å².